The van der Waals surface area contributed by atoms with Crippen molar-refractivity contribution < 1.29 is 14.7 Å². The summed E-state index contributed by atoms with van der Waals surface area (Å²) in [4.78, 5) is 30.7. The van der Waals surface area contributed by atoms with Crippen LogP contribution in [0.3, 0.4) is 0 Å². The van der Waals surface area contributed by atoms with Crippen LogP contribution in [0.5, 0.6) is 0 Å². The van der Waals surface area contributed by atoms with Gasteiger partial charge in [-0.25, -0.2) is 0 Å². The first-order valence-electron chi connectivity index (χ1n) is 10.8. The van der Waals surface area contributed by atoms with Crippen LogP contribution in [-0.4, -0.2) is 52.5 Å². The van der Waals surface area contributed by atoms with E-state index in [4.69, 9.17) is 11.6 Å². The van der Waals surface area contributed by atoms with Crippen LogP contribution in [0.1, 0.15) is 56.9 Å². The van der Waals surface area contributed by atoms with E-state index in [9.17, 15) is 14.7 Å². The number of carbonyl (C=O) groups is 2. The highest BCUT2D eigenvalue weighted by atomic mass is 35.5. The number of amides is 2. The van der Waals surface area contributed by atoms with Gasteiger partial charge in [-0.05, 0) is 49.3 Å². The highest BCUT2D eigenvalue weighted by Crippen LogP contribution is 2.37. The van der Waals surface area contributed by atoms with Gasteiger partial charge in [-0.15, -0.1) is 0 Å². The van der Waals surface area contributed by atoms with Gasteiger partial charge in [0.25, 0.3) is 11.8 Å². The van der Waals surface area contributed by atoms with Crippen LogP contribution in [-0.2, 0) is 9.59 Å². The molecule has 1 aliphatic carbocycles. The van der Waals surface area contributed by atoms with Crippen LogP contribution in [0.2, 0.25) is 5.02 Å². The molecule has 0 bridgehead atoms. The van der Waals surface area contributed by atoms with Gasteiger partial charge in [0.15, 0.2) is 0 Å². The Hall–Kier alpha value is -1.85. The topological polar surface area (TPSA) is 60.9 Å². The van der Waals surface area contributed by atoms with Gasteiger partial charge in [0.05, 0.1) is 5.57 Å². The second kappa shape index (κ2) is 8.88. The third-order valence-corrected chi connectivity index (χ3v) is 6.76. The van der Waals surface area contributed by atoms with Crippen molar-refractivity contribution in [2.75, 3.05) is 19.7 Å². The number of likely N-dealkylation sites (tertiary alicyclic amines) is 1. The summed E-state index contributed by atoms with van der Waals surface area (Å²) in [6, 6.07) is 7.16. The number of hydrogen-bond acceptors (Lipinski definition) is 4. The summed E-state index contributed by atoms with van der Waals surface area (Å²) < 4.78 is 0. The van der Waals surface area contributed by atoms with Crippen LogP contribution in [0, 0.1) is 5.92 Å². The van der Waals surface area contributed by atoms with E-state index in [0.29, 0.717) is 22.8 Å². The number of aliphatic hydroxyl groups is 1. The van der Waals surface area contributed by atoms with Gasteiger partial charge < -0.3 is 10.0 Å². The first-order chi connectivity index (χ1) is 14.1. The Labute approximate surface area is 177 Å². The number of hydrogen-bond donors (Lipinski definition) is 1. The first kappa shape index (κ1) is 20.4. The average Bonchev–Trinajstić information content (AvgIpc) is 2.90. The predicted octanol–water partition coefficient (Wildman–Crippen LogP) is 3.85. The molecule has 5 nitrogen and oxygen atoms in total. The van der Waals surface area contributed by atoms with E-state index in [1.165, 1.54) is 17.7 Å². The van der Waals surface area contributed by atoms with E-state index in [2.05, 4.69) is 0 Å². The highest BCUT2D eigenvalue weighted by Gasteiger charge is 2.45. The highest BCUT2D eigenvalue weighted by molar-refractivity contribution is 6.36. The molecule has 2 heterocycles. The zero-order valence-electron chi connectivity index (χ0n) is 16.8. The third-order valence-electron chi connectivity index (χ3n) is 6.51. The lowest BCUT2D eigenvalue weighted by Crippen LogP contribution is -2.44. The molecular weight excluding hydrogens is 388 g/mol. The maximum atomic E-state index is 13.6. The van der Waals surface area contributed by atoms with Crippen LogP contribution in [0.4, 0.5) is 0 Å². The molecule has 4 rings (SSSR count). The summed E-state index contributed by atoms with van der Waals surface area (Å²) in [5.74, 6) is -0.201. The summed E-state index contributed by atoms with van der Waals surface area (Å²) in [7, 11) is 0. The molecule has 1 aromatic rings. The summed E-state index contributed by atoms with van der Waals surface area (Å²) in [6.07, 6.45) is 8.09. The molecule has 0 radical (unpaired) electrons. The zero-order valence-corrected chi connectivity index (χ0v) is 17.5. The maximum absolute atomic E-state index is 13.6. The van der Waals surface area contributed by atoms with Gasteiger partial charge in [-0.3, -0.25) is 14.5 Å². The van der Waals surface area contributed by atoms with Gasteiger partial charge in [0.1, 0.15) is 5.70 Å². The number of nitrogens with zero attached hydrogens (tertiary/aromatic N) is 2. The monoisotopic (exact) mass is 416 g/mol. The average molecular weight is 417 g/mol. The smallest absolute Gasteiger partial charge is 0.278 e. The molecule has 0 aromatic heterocycles. The quantitative estimate of drug-likeness (QED) is 0.598. The molecule has 2 amide bonds. The lowest BCUT2D eigenvalue weighted by atomic mass is 9.97. The molecule has 1 N–H and O–H groups in total. The predicted molar refractivity (Wildman–Crippen MR) is 113 cm³/mol. The lowest BCUT2D eigenvalue weighted by molar-refractivity contribution is -0.140. The van der Waals surface area contributed by atoms with E-state index < -0.39 is 0 Å². The van der Waals surface area contributed by atoms with Crippen molar-refractivity contribution in [1.29, 1.82) is 0 Å². The zero-order chi connectivity index (χ0) is 20.4. The van der Waals surface area contributed by atoms with Crippen LogP contribution < -0.4 is 0 Å². The largest absolute Gasteiger partial charge is 0.396 e. The number of carbonyl (C=O) groups excluding carboxylic acids is 2. The summed E-state index contributed by atoms with van der Waals surface area (Å²) in [5, 5.41) is 10.3. The number of aliphatic hydroxyl groups excluding tert-OH is 1. The number of benzene rings is 1. The third kappa shape index (κ3) is 4.08. The molecule has 1 unspecified atom stereocenters. The number of imide groups is 1. The molecule has 2 aliphatic heterocycles. The maximum Gasteiger partial charge on any atom is 0.278 e. The molecule has 1 atom stereocenters. The summed E-state index contributed by atoms with van der Waals surface area (Å²) in [6.45, 7) is 1.45. The minimum Gasteiger partial charge on any atom is -0.396 e. The van der Waals surface area contributed by atoms with Crippen molar-refractivity contribution >= 4 is 29.0 Å². The normalized spacial score (nSPS) is 24.4. The minimum absolute atomic E-state index is 0.0178. The van der Waals surface area contributed by atoms with E-state index in [0.717, 1.165) is 50.6 Å². The van der Waals surface area contributed by atoms with Gasteiger partial charge >= 0.3 is 0 Å². The van der Waals surface area contributed by atoms with Crippen molar-refractivity contribution in [3.05, 3.63) is 40.5 Å². The standard InChI is InChI=1S/C23H29ClN2O3/c24-18-11-9-17(10-12-18)20-21(25-13-5-6-16(14-25)15-27)23(29)26(22(20)28)19-7-3-1-2-4-8-19/h9-12,16,19,27H,1-8,13-15H2. The van der Waals surface area contributed by atoms with Crippen molar-refractivity contribution in [3.8, 4) is 0 Å². The summed E-state index contributed by atoms with van der Waals surface area (Å²) >= 11 is 6.06. The van der Waals surface area contributed by atoms with Crippen molar-refractivity contribution in [1.82, 2.24) is 9.80 Å². The van der Waals surface area contributed by atoms with E-state index in [1.54, 1.807) is 12.1 Å². The Morgan fingerprint density at radius 3 is 2.28 bits per heavy atom. The molecule has 0 spiro atoms. The number of rotatable bonds is 4. The molecule has 2 fully saturated rings. The fourth-order valence-electron chi connectivity index (χ4n) is 4.97. The first-order valence-corrected chi connectivity index (χ1v) is 11.2. The van der Waals surface area contributed by atoms with Gasteiger partial charge in [0.2, 0.25) is 0 Å². The Balaban J connectivity index is 1.73. The SMILES string of the molecule is O=C1C(c2ccc(Cl)cc2)=C(N2CCCC(CO)C2)C(=O)N1C1CCCCCC1. The van der Waals surface area contributed by atoms with Crippen molar-refractivity contribution in [2.24, 2.45) is 5.92 Å². The molecule has 1 saturated heterocycles. The number of piperidine rings is 1. The van der Waals surface area contributed by atoms with Gasteiger partial charge in [-0.2, -0.15) is 0 Å². The number of halogens is 1. The Bertz CT molecular complexity index is 797. The Morgan fingerprint density at radius 1 is 0.931 bits per heavy atom. The van der Waals surface area contributed by atoms with E-state index in [1.807, 2.05) is 17.0 Å². The molecule has 1 aromatic carbocycles. The van der Waals surface area contributed by atoms with Crippen LogP contribution in [0.15, 0.2) is 30.0 Å². The van der Waals surface area contributed by atoms with Crippen LogP contribution in [0.25, 0.3) is 5.57 Å². The molecule has 3 aliphatic rings. The minimum atomic E-state index is -0.176. The van der Waals surface area contributed by atoms with E-state index >= 15 is 0 Å². The Morgan fingerprint density at radius 2 is 1.62 bits per heavy atom. The fraction of sp³-hybridized carbons (Fsp3) is 0.565. The molecule has 1 saturated carbocycles. The van der Waals surface area contributed by atoms with Gasteiger partial charge in [0, 0.05) is 30.8 Å². The molecule has 156 valence electrons. The molecule has 29 heavy (non-hydrogen) atoms. The van der Waals surface area contributed by atoms with E-state index in [-0.39, 0.29) is 30.4 Å². The van der Waals surface area contributed by atoms with Crippen LogP contribution >= 0.6 is 11.6 Å². The summed E-state index contributed by atoms with van der Waals surface area (Å²) in [5.41, 5.74) is 1.75. The van der Waals surface area contributed by atoms with Gasteiger partial charge in [-0.1, -0.05) is 49.4 Å². The Kier molecular flexibility index (Phi) is 6.26. The van der Waals surface area contributed by atoms with Crippen molar-refractivity contribution in [3.63, 3.8) is 0 Å². The second-order valence-corrected chi connectivity index (χ2v) is 8.93. The van der Waals surface area contributed by atoms with Crippen molar-refractivity contribution in [2.45, 2.75) is 57.4 Å². The lowest BCUT2D eigenvalue weighted by Gasteiger charge is -2.34. The second-order valence-electron chi connectivity index (χ2n) is 8.49. The molecular formula is C23H29ClN2O3. The molecule has 6 heteroatoms. The fourth-order valence-corrected chi connectivity index (χ4v) is 5.10.